The van der Waals surface area contributed by atoms with Crippen molar-refractivity contribution in [3.63, 3.8) is 0 Å². The summed E-state index contributed by atoms with van der Waals surface area (Å²) in [7, 11) is -1.93. The van der Waals surface area contributed by atoms with Crippen molar-refractivity contribution in [3.8, 4) is 0 Å². The van der Waals surface area contributed by atoms with Crippen LogP contribution in [0.4, 0.5) is 5.95 Å². The lowest BCUT2D eigenvalue weighted by Gasteiger charge is -2.05. The summed E-state index contributed by atoms with van der Waals surface area (Å²) >= 11 is 0. The first-order valence-electron chi connectivity index (χ1n) is 5.12. The zero-order chi connectivity index (χ0) is 12.7. The fraction of sp³-hybridized carbons (Fsp3) is 0.556. The Bertz CT molecular complexity index is 432. The Balaban J connectivity index is 2.48. The monoisotopic (exact) mass is 260 g/mol. The minimum atomic E-state index is -3.54. The highest BCUT2D eigenvalue weighted by atomic mass is 32.2. The minimum absolute atomic E-state index is 0.0124. The molecule has 7 nitrogen and oxygen atoms in total. The van der Waals surface area contributed by atoms with Gasteiger partial charge in [-0.05, 0) is 12.8 Å². The standard InChI is InChI=1S/C9H16N4O3S/c1-16-5-3-2-4-13-17(14,15)8-6-11-9(10)12-7-8/h6-7,13H,2-5H2,1H3,(H2,10,11,12). The molecule has 0 aromatic carbocycles. The largest absolute Gasteiger partial charge is 0.385 e. The van der Waals surface area contributed by atoms with E-state index in [2.05, 4.69) is 14.7 Å². The van der Waals surface area contributed by atoms with Crippen molar-refractivity contribution >= 4 is 16.0 Å². The van der Waals surface area contributed by atoms with Gasteiger partial charge in [-0.15, -0.1) is 0 Å². The fourth-order valence-corrected chi connectivity index (χ4v) is 2.09. The molecule has 0 amide bonds. The summed E-state index contributed by atoms with van der Waals surface area (Å²) in [6.07, 6.45) is 3.87. The topological polar surface area (TPSA) is 107 Å². The van der Waals surface area contributed by atoms with E-state index >= 15 is 0 Å². The Morgan fingerprint density at radius 1 is 1.35 bits per heavy atom. The highest BCUT2D eigenvalue weighted by Crippen LogP contribution is 2.05. The van der Waals surface area contributed by atoms with Gasteiger partial charge in [-0.2, -0.15) is 0 Å². The maximum atomic E-state index is 11.7. The summed E-state index contributed by atoms with van der Waals surface area (Å²) in [4.78, 5) is 7.27. The van der Waals surface area contributed by atoms with E-state index < -0.39 is 10.0 Å². The van der Waals surface area contributed by atoms with Gasteiger partial charge in [0.25, 0.3) is 0 Å². The highest BCUT2D eigenvalue weighted by Gasteiger charge is 2.13. The molecule has 1 aromatic heterocycles. The molecule has 8 heteroatoms. The van der Waals surface area contributed by atoms with E-state index in [4.69, 9.17) is 10.5 Å². The second-order valence-electron chi connectivity index (χ2n) is 3.37. The summed E-state index contributed by atoms with van der Waals surface area (Å²) in [6, 6.07) is 0. The van der Waals surface area contributed by atoms with Crippen molar-refractivity contribution in [2.45, 2.75) is 17.7 Å². The molecule has 0 radical (unpaired) electrons. The molecule has 0 saturated heterocycles. The van der Waals surface area contributed by atoms with Crippen LogP contribution in [-0.2, 0) is 14.8 Å². The molecule has 96 valence electrons. The molecule has 0 unspecified atom stereocenters. The van der Waals surface area contributed by atoms with Gasteiger partial charge in [-0.3, -0.25) is 0 Å². The van der Waals surface area contributed by atoms with Crippen LogP contribution in [0.25, 0.3) is 0 Å². The summed E-state index contributed by atoms with van der Waals surface area (Å²) in [5.41, 5.74) is 5.27. The number of unbranched alkanes of at least 4 members (excludes halogenated alkanes) is 1. The van der Waals surface area contributed by atoms with Gasteiger partial charge in [0, 0.05) is 20.3 Å². The molecule has 0 aliphatic heterocycles. The lowest BCUT2D eigenvalue weighted by atomic mass is 10.3. The Labute approximate surface area is 100 Å². The van der Waals surface area contributed by atoms with E-state index in [0.717, 1.165) is 6.42 Å². The Morgan fingerprint density at radius 2 is 2.00 bits per heavy atom. The second kappa shape index (κ2) is 6.48. The summed E-state index contributed by atoms with van der Waals surface area (Å²) in [5.74, 6) is 0.0454. The number of rotatable bonds is 7. The zero-order valence-electron chi connectivity index (χ0n) is 9.59. The van der Waals surface area contributed by atoms with Crippen molar-refractivity contribution in [2.24, 2.45) is 0 Å². The van der Waals surface area contributed by atoms with Crippen LogP contribution >= 0.6 is 0 Å². The molecule has 1 heterocycles. The number of nitrogens with one attached hydrogen (secondary N) is 1. The van der Waals surface area contributed by atoms with Gasteiger partial charge in [-0.1, -0.05) is 0 Å². The van der Waals surface area contributed by atoms with Crippen LogP contribution in [0.1, 0.15) is 12.8 Å². The van der Waals surface area contributed by atoms with Crippen molar-refractivity contribution in [2.75, 3.05) is 26.0 Å². The first-order chi connectivity index (χ1) is 8.06. The maximum absolute atomic E-state index is 11.7. The number of anilines is 1. The van der Waals surface area contributed by atoms with Crippen LogP contribution in [0, 0.1) is 0 Å². The van der Waals surface area contributed by atoms with Crippen molar-refractivity contribution in [1.82, 2.24) is 14.7 Å². The lowest BCUT2D eigenvalue weighted by molar-refractivity contribution is 0.193. The number of nitrogens with two attached hydrogens (primary N) is 1. The molecule has 0 aliphatic rings. The third-order valence-electron chi connectivity index (χ3n) is 2.03. The molecular weight excluding hydrogens is 244 g/mol. The molecular formula is C9H16N4O3S. The average molecular weight is 260 g/mol. The number of nitrogens with zero attached hydrogens (tertiary/aromatic N) is 2. The SMILES string of the molecule is COCCCCNS(=O)(=O)c1cnc(N)nc1. The van der Waals surface area contributed by atoms with Gasteiger partial charge in [-0.25, -0.2) is 23.1 Å². The number of sulfonamides is 1. The number of aromatic nitrogens is 2. The fourth-order valence-electron chi connectivity index (χ4n) is 1.13. The summed E-state index contributed by atoms with van der Waals surface area (Å²) in [5, 5.41) is 0. The van der Waals surface area contributed by atoms with E-state index in [0.29, 0.717) is 19.6 Å². The molecule has 0 aliphatic carbocycles. The number of ether oxygens (including phenoxy) is 1. The van der Waals surface area contributed by atoms with Crippen LogP contribution in [0.15, 0.2) is 17.3 Å². The zero-order valence-corrected chi connectivity index (χ0v) is 10.4. The molecule has 0 saturated carbocycles. The average Bonchev–Trinajstić information content (AvgIpc) is 2.29. The molecule has 3 N–H and O–H groups in total. The summed E-state index contributed by atoms with van der Waals surface area (Å²) < 4.78 is 30.7. The van der Waals surface area contributed by atoms with Gasteiger partial charge in [0.05, 0.1) is 12.4 Å². The van der Waals surface area contributed by atoms with Crippen molar-refractivity contribution in [3.05, 3.63) is 12.4 Å². The van der Waals surface area contributed by atoms with E-state index in [1.54, 1.807) is 7.11 Å². The quantitative estimate of drug-likeness (QED) is 0.655. The predicted octanol–water partition coefficient (Wildman–Crippen LogP) is -0.236. The van der Waals surface area contributed by atoms with Gasteiger partial charge in [0.2, 0.25) is 16.0 Å². The first-order valence-corrected chi connectivity index (χ1v) is 6.60. The van der Waals surface area contributed by atoms with Gasteiger partial charge < -0.3 is 10.5 Å². The van der Waals surface area contributed by atoms with Crippen molar-refractivity contribution < 1.29 is 13.2 Å². The van der Waals surface area contributed by atoms with Crippen LogP contribution in [-0.4, -0.2) is 38.6 Å². The van der Waals surface area contributed by atoms with Crippen LogP contribution in [0.5, 0.6) is 0 Å². The Kier molecular flexibility index (Phi) is 5.26. The number of hydrogen-bond donors (Lipinski definition) is 2. The lowest BCUT2D eigenvalue weighted by Crippen LogP contribution is -2.25. The number of nitrogen functional groups attached to an aromatic ring is 1. The maximum Gasteiger partial charge on any atom is 0.243 e. The predicted molar refractivity (Wildman–Crippen MR) is 62.7 cm³/mol. The highest BCUT2D eigenvalue weighted by molar-refractivity contribution is 7.89. The van der Waals surface area contributed by atoms with E-state index in [1.165, 1.54) is 12.4 Å². The smallest absolute Gasteiger partial charge is 0.243 e. The van der Waals surface area contributed by atoms with E-state index in [9.17, 15) is 8.42 Å². The number of methoxy groups -OCH3 is 1. The molecule has 0 atom stereocenters. The second-order valence-corrected chi connectivity index (χ2v) is 5.14. The Hall–Kier alpha value is -1.25. The van der Waals surface area contributed by atoms with Gasteiger partial charge >= 0.3 is 0 Å². The third kappa shape index (κ3) is 4.63. The molecule has 0 bridgehead atoms. The molecule has 0 spiro atoms. The first kappa shape index (κ1) is 13.8. The minimum Gasteiger partial charge on any atom is -0.385 e. The van der Waals surface area contributed by atoms with Crippen LogP contribution < -0.4 is 10.5 Å². The van der Waals surface area contributed by atoms with Crippen LogP contribution in [0.3, 0.4) is 0 Å². The summed E-state index contributed by atoms with van der Waals surface area (Å²) in [6.45, 7) is 0.975. The number of hydrogen-bond acceptors (Lipinski definition) is 6. The molecule has 0 fully saturated rings. The van der Waals surface area contributed by atoms with E-state index in [-0.39, 0.29) is 10.8 Å². The molecule has 1 aromatic rings. The van der Waals surface area contributed by atoms with E-state index in [1.807, 2.05) is 0 Å². The Morgan fingerprint density at radius 3 is 2.59 bits per heavy atom. The van der Waals surface area contributed by atoms with Gasteiger partial charge in [0.1, 0.15) is 4.90 Å². The molecule has 1 rings (SSSR count). The van der Waals surface area contributed by atoms with Gasteiger partial charge in [0.15, 0.2) is 0 Å². The third-order valence-corrected chi connectivity index (χ3v) is 3.44. The normalized spacial score (nSPS) is 11.6. The molecule has 17 heavy (non-hydrogen) atoms. The van der Waals surface area contributed by atoms with Crippen molar-refractivity contribution in [1.29, 1.82) is 0 Å². The van der Waals surface area contributed by atoms with Crippen LogP contribution in [0.2, 0.25) is 0 Å².